The van der Waals surface area contributed by atoms with Crippen LogP contribution < -0.4 is 4.74 Å². The summed E-state index contributed by atoms with van der Waals surface area (Å²) in [6.07, 6.45) is -0.170. The largest absolute Gasteiger partial charge is 0.494 e. The average Bonchev–Trinajstić information content (AvgIpc) is 3.66. The number of nitrogens with zero attached hydrogens (tertiary/aromatic N) is 5. The molecule has 0 radical (unpaired) electrons. The van der Waals surface area contributed by atoms with E-state index in [-0.39, 0.29) is 29.7 Å². The first-order valence-electron chi connectivity index (χ1n) is 22.6. The van der Waals surface area contributed by atoms with Crippen molar-refractivity contribution in [2.24, 2.45) is 17.8 Å². The summed E-state index contributed by atoms with van der Waals surface area (Å²) in [5.41, 5.74) is -2.31. The Bertz CT molecular complexity index is 1790. The van der Waals surface area contributed by atoms with Gasteiger partial charge in [-0.25, -0.2) is 8.42 Å². The Kier molecular flexibility index (Phi) is 18.8. The van der Waals surface area contributed by atoms with E-state index in [1.54, 1.807) is 49.7 Å². The molecule has 3 heterocycles. The fourth-order valence-corrected chi connectivity index (χ4v) is 10.6. The molecule has 1 aromatic carbocycles. The molecule has 4 rings (SSSR count). The van der Waals surface area contributed by atoms with Gasteiger partial charge in [-0.1, -0.05) is 39.8 Å². The monoisotopic (exact) mass is 896 g/mol. The van der Waals surface area contributed by atoms with E-state index < -0.39 is 69.7 Å². The van der Waals surface area contributed by atoms with E-state index in [0.717, 1.165) is 5.69 Å². The van der Waals surface area contributed by atoms with Crippen molar-refractivity contribution in [3.63, 3.8) is 0 Å². The van der Waals surface area contributed by atoms with E-state index in [1.807, 2.05) is 59.8 Å². The van der Waals surface area contributed by atoms with Crippen molar-refractivity contribution >= 4 is 15.8 Å². The summed E-state index contributed by atoms with van der Waals surface area (Å²) in [4.78, 5) is 17.8. The molecular weight excluding hydrogens is 819 g/mol. The van der Waals surface area contributed by atoms with E-state index in [0.29, 0.717) is 81.8 Å². The van der Waals surface area contributed by atoms with E-state index in [9.17, 15) is 33.6 Å². The number of cyclic esters (lactones) is 1. The summed E-state index contributed by atoms with van der Waals surface area (Å²) in [5, 5.41) is 55.6. The summed E-state index contributed by atoms with van der Waals surface area (Å²) < 4.78 is 51.0. The molecule has 13 atom stereocenters. The van der Waals surface area contributed by atoms with Crippen molar-refractivity contribution in [2.75, 3.05) is 39.5 Å². The van der Waals surface area contributed by atoms with Gasteiger partial charge >= 0.3 is 5.97 Å². The zero-order chi connectivity index (χ0) is 46.2. The van der Waals surface area contributed by atoms with Crippen molar-refractivity contribution in [3.8, 4) is 5.75 Å². The number of carbonyl (C=O) groups excluding carboxylic acids is 1. The molecule has 2 saturated heterocycles. The quantitative estimate of drug-likeness (QED) is 0.148. The van der Waals surface area contributed by atoms with Crippen LogP contribution in [0.4, 0.5) is 0 Å². The van der Waals surface area contributed by atoms with Gasteiger partial charge in [0, 0.05) is 50.8 Å². The SMILES string of the molecule is CCCS(=O)(=O)c1ccc(OCCCn2cc(CCN(C)[C@H]3C[C@@H](C)O[C@@H](O[C@@H]4[C@@H](C)C[C@@H](C)C(=O)O[C@H](CC)[C@@](C)(O)[C@H](O)[C@@H](C)N(C)C[C@H](C)C[C@@]4(C)O)[C@@H]3O)nn2)cc1. The van der Waals surface area contributed by atoms with Gasteiger partial charge in [0.15, 0.2) is 16.1 Å². The molecule has 354 valence electrons. The zero-order valence-electron chi connectivity index (χ0n) is 39.0. The van der Waals surface area contributed by atoms with Crippen LogP contribution in [0.15, 0.2) is 35.4 Å². The van der Waals surface area contributed by atoms with Gasteiger partial charge in [-0.05, 0) is 110 Å². The average molecular weight is 896 g/mol. The number of benzene rings is 1. The first kappa shape index (κ1) is 51.9. The minimum absolute atomic E-state index is 0.0698. The van der Waals surface area contributed by atoms with Gasteiger partial charge in [-0.2, -0.15) is 0 Å². The molecule has 62 heavy (non-hydrogen) atoms. The van der Waals surface area contributed by atoms with Crippen LogP contribution in [0.5, 0.6) is 5.75 Å². The number of rotatable bonds is 15. The maximum atomic E-state index is 13.5. The van der Waals surface area contributed by atoms with Gasteiger partial charge in [0.05, 0.1) is 46.7 Å². The number of likely N-dealkylation sites (N-methyl/N-ethyl adjacent to an activating group) is 2. The third-order valence-corrected chi connectivity index (χ3v) is 14.8. The van der Waals surface area contributed by atoms with Crippen LogP contribution in [0, 0.1) is 17.8 Å². The zero-order valence-corrected chi connectivity index (χ0v) is 39.8. The summed E-state index contributed by atoms with van der Waals surface area (Å²) in [6.45, 7) is 18.4. The van der Waals surface area contributed by atoms with E-state index in [1.165, 1.54) is 6.92 Å². The van der Waals surface area contributed by atoms with Crippen molar-refractivity contribution in [1.29, 1.82) is 0 Å². The number of aliphatic hydroxyl groups is 4. The van der Waals surface area contributed by atoms with Gasteiger partial charge in [-0.15, -0.1) is 5.10 Å². The molecule has 4 N–H and O–H groups in total. The molecule has 0 unspecified atom stereocenters. The Labute approximate surface area is 370 Å². The first-order valence-corrected chi connectivity index (χ1v) is 24.2. The van der Waals surface area contributed by atoms with E-state index in [4.69, 9.17) is 18.9 Å². The second-order valence-corrected chi connectivity index (χ2v) is 20.9. The highest BCUT2D eigenvalue weighted by molar-refractivity contribution is 7.91. The lowest BCUT2D eigenvalue weighted by Crippen LogP contribution is -2.59. The molecule has 0 saturated carbocycles. The summed E-state index contributed by atoms with van der Waals surface area (Å²) in [5.74, 6) is -0.874. The van der Waals surface area contributed by atoms with E-state index >= 15 is 0 Å². The Balaban J connectivity index is 1.39. The van der Waals surface area contributed by atoms with Crippen molar-refractivity contribution in [3.05, 3.63) is 36.2 Å². The molecule has 0 spiro atoms. The minimum atomic E-state index is -3.28. The Morgan fingerprint density at radius 2 is 1.71 bits per heavy atom. The Morgan fingerprint density at radius 1 is 1.03 bits per heavy atom. The predicted octanol–water partition coefficient (Wildman–Crippen LogP) is 3.86. The normalized spacial score (nSPS) is 35.0. The fraction of sp³-hybridized carbons (Fsp3) is 0.800. The summed E-state index contributed by atoms with van der Waals surface area (Å²) in [6, 6.07) is 5.69. The smallest absolute Gasteiger partial charge is 0.309 e. The molecule has 0 bridgehead atoms. The van der Waals surface area contributed by atoms with Crippen LogP contribution in [0.1, 0.15) is 107 Å². The Morgan fingerprint density at radius 3 is 2.35 bits per heavy atom. The third-order valence-electron chi connectivity index (χ3n) is 12.9. The number of aliphatic hydroxyl groups excluding tert-OH is 2. The molecule has 2 aromatic rings. The maximum Gasteiger partial charge on any atom is 0.309 e. The highest BCUT2D eigenvalue weighted by atomic mass is 32.2. The molecule has 17 heteroatoms. The molecule has 2 fully saturated rings. The van der Waals surface area contributed by atoms with Crippen LogP contribution in [0.3, 0.4) is 0 Å². The van der Waals surface area contributed by atoms with Crippen molar-refractivity contribution in [1.82, 2.24) is 24.8 Å². The lowest BCUT2D eigenvalue weighted by atomic mass is 9.79. The van der Waals surface area contributed by atoms with Crippen molar-refractivity contribution < 1.29 is 52.6 Å². The van der Waals surface area contributed by atoms with Crippen molar-refractivity contribution in [2.45, 2.75) is 179 Å². The van der Waals surface area contributed by atoms with E-state index in [2.05, 4.69) is 15.2 Å². The highest BCUT2D eigenvalue weighted by Crippen LogP contribution is 2.36. The number of aryl methyl sites for hydroxylation is 1. The van der Waals surface area contributed by atoms with Crippen LogP contribution in [0.25, 0.3) is 0 Å². The third kappa shape index (κ3) is 13.6. The van der Waals surface area contributed by atoms with Gasteiger partial charge < -0.3 is 49.2 Å². The van der Waals surface area contributed by atoms with Gasteiger partial charge in [0.1, 0.15) is 29.7 Å². The topological polar surface area (TPSA) is 206 Å². The molecule has 0 aliphatic carbocycles. The molecule has 2 aliphatic heterocycles. The number of sulfone groups is 1. The summed E-state index contributed by atoms with van der Waals surface area (Å²) in [7, 11) is 0.533. The minimum Gasteiger partial charge on any atom is -0.494 e. The highest BCUT2D eigenvalue weighted by Gasteiger charge is 2.48. The van der Waals surface area contributed by atoms with Gasteiger partial charge in [-0.3, -0.25) is 9.48 Å². The number of esters is 1. The van der Waals surface area contributed by atoms with Gasteiger partial charge in [0.2, 0.25) is 0 Å². The second-order valence-electron chi connectivity index (χ2n) is 18.8. The number of hydrogen-bond acceptors (Lipinski definition) is 15. The van der Waals surface area contributed by atoms with Crippen LogP contribution in [-0.2, 0) is 41.8 Å². The second kappa shape index (κ2) is 22.4. The molecule has 2 aliphatic rings. The molecule has 16 nitrogen and oxygen atoms in total. The maximum absolute atomic E-state index is 13.5. The van der Waals surface area contributed by atoms with Crippen LogP contribution in [0.2, 0.25) is 0 Å². The molecule has 0 amide bonds. The molecule has 1 aromatic heterocycles. The lowest BCUT2D eigenvalue weighted by molar-refractivity contribution is -0.296. The Hall–Kier alpha value is -2.74. The fourth-order valence-electron chi connectivity index (χ4n) is 9.30. The van der Waals surface area contributed by atoms with Crippen LogP contribution in [-0.4, -0.2) is 159 Å². The standard InChI is InChI=1S/C45H77N5O11S/c1-12-23-62(56,57)36-17-15-35(16-18-36)58-22-14-20-50-28-34(46-47-50)19-21-48(10)37-25-32(6)59-43(39(37)51)61-41-30(4)24-31(5)42(53)60-38(13-2)45(9,55)40(52)33(7)49(11)27-29(3)26-44(41,8)54/h15-18,28-33,37-41,43,51-52,54-55H,12-14,19-27H2,1-11H3/t29-,30+,31-,32-,33-,37+,38-,39-,40-,41-,43+,44-,45-/m1/s1. The number of hydrogen-bond donors (Lipinski definition) is 4. The number of aromatic nitrogens is 3. The van der Waals surface area contributed by atoms with Gasteiger partial charge in [0.25, 0.3) is 0 Å². The molecular formula is C45H77N5O11S. The predicted molar refractivity (Wildman–Crippen MR) is 235 cm³/mol. The number of carbonyl (C=O) groups is 1. The van der Waals surface area contributed by atoms with Crippen LogP contribution >= 0.6 is 0 Å². The first-order chi connectivity index (χ1) is 29.0. The summed E-state index contributed by atoms with van der Waals surface area (Å²) >= 11 is 0. The number of ether oxygens (including phenoxy) is 4. The lowest BCUT2D eigenvalue weighted by Gasteiger charge is -2.46.